The summed E-state index contributed by atoms with van der Waals surface area (Å²) in [5.41, 5.74) is 7.85. The van der Waals surface area contributed by atoms with Crippen molar-refractivity contribution >= 4 is 23.2 Å². The summed E-state index contributed by atoms with van der Waals surface area (Å²) in [4.78, 5) is 0. The second-order valence-electron chi connectivity index (χ2n) is 7.35. The Kier molecular flexibility index (Phi) is 6.41. The van der Waals surface area contributed by atoms with Gasteiger partial charge in [-0.05, 0) is 63.6 Å². The van der Waals surface area contributed by atoms with E-state index in [4.69, 9.17) is 33.7 Å². The number of hydrogen-bond acceptors (Lipinski definition) is 2. The van der Waals surface area contributed by atoms with E-state index in [-0.39, 0.29) is 17.1 Å². The van der Waals surface area contributed by atoms with E-state index in [0.29, 0.717) is 10.0 Å². The molecule has 2 nitrogen and oxygen atoms in total. The van der Waals surface area contributed by atoms with Gasteiger partial charge in [-0.15, -0.1) is 0 Å². The SMILES string of the molecule is CCC(C)(C)OCCCC(N)C1(c2ccc(Cl)c(Cl)c2)CCC1. The molecule has 0 aromatic heterocycles. The van der Waals surface area contributed by atoms with Gasteiger partial charge in [0.15, 0.2) is 0 Å². The van der Waals surface area contributed by atoms with Crippen molar-refractivity contribution in [3.05, 3.63) is 33.8 Å². The van der Waals surface area contributed by atoms with Crippen molar-refractivity contribution in [2.45, 2.75) is 76.4 Å². The molecule has 0 spiro atoms. The third-order valence-electron chi connectivity index (χ3n) is 5.45. The van der Waals surface area contributed by atoms with E-state index in [2.05, 4.69) is 26.8 Å². The fourth-order valence-corrected chi connectivity index (χ4v) is 3.57. The molecule has 4 heteroatoms. The molecule has 130 valence electrons. The van der Waals surface area contributed by atoms with Crippen LogP contribution in [0.25, 0.3) is 0 Å². The van der Waals surface area contributed by atoms with E-state index >= 15 is 0 Å². The Morgan fingerprint density at radius 2 is 1.96 bits per heavy atom. The van der Waals surface area contributed by atoms with Crippen LogP contribution < -0.4 is 5.73 Å². The largest absolute Gasteiger partial charge is 0.376 e. The summed E-state index contributed by atoms with van der Waals surface area (Å²) in [7, 11) is 0. The fourth-order valence-electron chi connectivity index (χ4n) is 3.27. The molecule has 0 amide bonds. The standard InChI is InChI=1S/C19H29Cl2NO/c1-4-18(2,3)23-12-5-7-17(22)19(10-6-11-19)14-8-9-15(20)16(21)13-14/h8-9,13,17H,4-7,10-12,22H2,1-3H3. The fraction of sp³-hybridized carbons (Fsp3) is 0.684. The summed E-state index contributed by atoms with van der Waals surface area (Å²) in [6, 6.07) is 6.12. The van der Waals surface area contributed by atoms with Crippen LogP contribution in [0.5, 0.6) is 0 Å². The average Bonchev–Trinajstić information content (AvgIpc) is 2.46. The van der Waals surface area contributed by atoms with E-state index in [1.807, 2.05) is 12.1 Å². The Bertz CT molecular complexity index is 526. The molecule has 1 fully saturated rings. The van der Waals surface area contributed by atoms with Crippen LogP contribution in [-0.4, -0.2) is 18.2 Å². The van der Waals surface area contributed by atoms with Gasteiger partial charge in [0.1, 0.15) is 0 Å². The van der Waals surface area contributed by atoms with Crippen molar-refractivity contribution in [2.24, 2.45) is 5.73 Å². The molecule has 0 radical (unpaired) electrons. The van der Waals surface area contributed by atoms with Crippen LogP contribution >= 0.6 is 23.2 Å². The molecular formula is C19H29Cl2NO. The van der Waals surface area contributed by atoms with Gasteiger partial charge in [-0.2, -0.15) is 0 Å². The van der Waals surface area contributed by atoms with Crippen LogP contribution in [0.3, 0.4) is 0 Å². The molecule has 1 atom stereocenters. The van der Waals surface area contributed by atoms with E-state index in [1.54, 1.807) is 0 Å². The number of halogens is 2. The Balaban J connectivity index is 1.95. The van der Waals surface area contributed by atoms with Gasteiger partial charge in [0.25, 0.3) is 0 Å². The maximum atomic E-state index is 6.58. The van der Waals surface area contributed by atoms with Crippen molar-refractivity contribution in [2.75, 3.05) is 6.61 Å². The van der Waals surface area contributed by atoms with Gasteiger partial charge in [0, 0.05) is 18.1 Å². The van der Waals surface area contributed by atoms with Crippen LogP contribution in [0.2, 0.25) is 10.0 Å². The number of benzene rings is 1. The molecule has 1 saturated carbocycles. The summed E-state index contributed by atoms with van der Waals surface area (Å²) in [6.45, 7) is 7.19. The van der Waals surface area contributed by atoms with Crippen LogP contribution in [0.15, 0.2) is 18.2 Å². The Morgan fingerprint density at radius 3 is 2.48 bits per heavy atom. The van der Waals surface area contributed by atoms with Crippen molar-refractivity contribution < 1.29 is 4.74 Å². The highest BCUT2D eigenvalue weighted by Crippen LogP contribution is 2.48. The number of ether oxygens (including phenoxy) is 1. The molecule has 23 heavy (non-hydrogen) atoms. The molecule has 0 bridgehead atoms. The molecule has 1 aromatic carbocycles. The van der Waals surface area contributed by atoms with Crippen molar-refractivity contribution in [3.63, 3.8) is 0 Å². The summed E-state index contributed by atoms with van der Waals surface area (Å²) < 4.78 is 5.94. The van der Waals surface area contributed by atoms with Crippen LogP contribution in [0, 0.1) is 0 Å². The van der Waals surface area contributed by atoms with Crippen molar-refractivity contribution in [3.8, 4) is 0 Å². The third kappa shape index (κ3) is 4.42. The predicted octanol–water partition coefficient (Wildman–Crippen LogP) is 5.73. The van der Waals surface area contributed by atoms with Gasteiger partial charge >= 0.3 is 0 Å². The monoisotopic (exact) mass is 357 g/mol. The second kappa shape index (κ2) is 7.74. The maximum Gasteiger partial charge on any atom is 0.0623 e. The Hall–Kier alpha value is -0.280. The quantitative estimate of drug-likeness (QED) is 0.603. The summed E-state index contributed by atoms with van der Waals surface area (Å²) in [5, 5.41) is 1.23. The highest BCUT2D eigenvalue weighted by atomic mass is 35.5. The van der Waals surface area contributed by atoms with Gasteiger partial charge in [0.05, 0.1) is 15.6 Å². The lowest BCUT2D eigenvalue weighted by atomic mass is 9.59. The zero-order valence-electron chi connectivity index (χ0n) is 14.5. The molecule has 2 rings (SSSR count). The molecule has 0 aliphatic heterocycles. The van der Waals surface area contributed by atoms with Gasteiger partial charge in [-0.25, -0.2) is 0 Å². The average molecular weight is 358 g/mol. The topological polar surface area (TPSA) is 35.2 Å². The van der Waals surface area contributed by atoms with Gasteiger partial charge in [0.2, 0.25) is 0 Å². The van der Waals surface area contributed by atoms with Crippen LogP contribution in [0.4, 0.5) is 0 Å². The van der Waals surface area contributed by atoms with Crippen LogP contribution in [-0.2, 0) is 10.2 Å². The minimum Gasteiger partial charge on any atom is -0.376 e. The van der Waals surface area contributed by atoms with Crippen LogP contribution in [0.1, 0.15) is 64.9 Å². The highest BCUT2D eigenvalue weighted by molar-refractivity contribution is 6.42. The lowest BCUT2D eigenvalue weighted by Crippen LogP contribution is -2.50. The predicted molar refractivity (Wildman–Crippen MR) is 99.5 cm³/mol. The molecule has 1 aromatic rings. The first-order valence-electron chi connectivity index (χ1n) is 8.66. The summed E-state index contributed by atoms with van der Waals surface area (Å²) in [6.07, 6.45) is 6.48. The highest BCUT2D eigenvalue weighted by Gasteiger charge is 2.43. The first kappa shape index (κ1) is 19.1. The van der Waals surface area contributed by atoms with E-state index in [0.717, 1.165) is 38.7 Å². The molecule has 2 N–H and O–H groups in total. The summed E-state index contributed by atoms with van der Waals surface area (Å²) in [5.74, 6) is 0. The third-order valence-corrected chi connectivity index (χ3v) is 6.19. The number of nitrogens with two attached hydrogens (primary N) is 1. The minimum atomic E-state index is -0.0397. The molecule has 0 heterocycles. The minimum absolute atomic E-state index is 0.0397. The van der Waals surface area contributed by atoms with E-state index in [9.17, 15) is 0 Å². The zero-order valence-corrected chi connectivity index (χ0v) is 16.0. The molecule has 1 aliphatic carbocycles. The van der Waals surface area contributed by atoms with E-state index < -0.39 is 0 Å². The Labute approximate surface area is 150 Å². The first-order chi connectivity index (χ1) is 10.8. The molecule has 1 aliphatic rings. The smallest absolute Gasteiger partial charge is 0.0623 e. The normalized spacial score (nSPS) is 18.5. The lowest BCUT2D eigenvalue weighted by Gasteiger charge is -2.47. The van der Waals surface area contributed by atoms with Crippen molar-refractivity contribution in [1.82, 2.24) is 0 Å². The molecular weight excluding hydrogens is 329 g/mol. The van der Waals surface area contributed by atoms with Gasteiger partial charge < -0.3 is 10.5 Å². The number of hydrogen-bond donors (Lipinski definition) is 1. The lowest BCUT2D eigenvalue weighted by molar-refractivity contribution is -0.0230. The Morgan fingerprint density at radius 1 is 1.26 bits per heavy atom. The van der Waals surface area contributed by atoms with Gasteiger partial charge in [-0.1, -0.05) is 42.6 Å². The van der Waals surface area contributed by atoms with E-state index in [1.165, 1.54) is 12.0 Å². The number of rotatable bonds is 8. The first-order valence-corrected chi connectivity index (χ1v) is 9.41. The van der Waals surface area contributed by atoms with Gasteiger partial charge in [-0.3, -0.25) is 0 Å². The summed E-state index contributed by atoms with van der Waals surface area (Å²) >= 11 is 12.3. The second-order valence-corrected chi connectivity index (χ2v) is 8.16. The van der Waals surface area contributed by atoms with Crippen molar-refractivity contribution in [1.29, 1.82) is 0 Å². The molecule has 0 saturated heterocycles. The maximum absolute atomic E-state index is 6.58. The zero-order chi connectivity index (χ0) is 17.1. The molecule has 1 unspecified atom stereocenters.